The molecule has 18 heavy (non-hydrogen) atoms. The number of allylic oxidation sites excluding steroid dienone is 1. The van der Waals surface area contributed by atoms with Crippen molar-refractivity contribution in [2.24, 2.45) is 5.92 Å². The van der Waals surface area contributed by atoms with E-state index < -0.39 is 0 Å². The maximum absolute atomic E-state index is 12.3. The van der Waals surface area contributed by atoms with Gasteiger partial charge in [0.2, 0.25) is 0 Å². The molecule has 0 bridgehead atoms. The molecule has 1 saturated heterocycles. The van der Waals surface area contributed by atoms with E-state index >= 15 is 0 Å². The van der Waals surface area contributed by atoms with E-state index in [4.69, 9.17) is 0 Å². The second kappa shape index (κ2) is 5.53. The number of nitrogens with zero attached hydrogens (tertiary/aromatic N) is 1. The molecule has 1 aliphatic rings. The Morgan fingerprint density at radius 3 is 2.67 bits per heavy atom. The fourth-order valence-corrected chi connectivity index (χ4v) is 2.74. The summed E-state index contributed by atoms with van der Waals surface area (Å²) in [7, 11) is 0. The van der Waals surface area contributed by atoms with Gasteiger partial charge in [0.25, 0.3) is 5.91 Å². The van der Waals surface area contributed by atoms with Gasteiger partial charge < -0.3 is 4.90 Å². The third-order valence-corrected chi connectivity index (χ3v) is 3.60. The van der Waals surface area contributed by atoms with Gasteiger partial charge in [-0.05, 0) is 12.5 Å². The van der Waals surface area contributed by atoms with Crippen LogP contribution in [-0.2, 0) is 11.3 Å². The van der Waals surface area contributed by atoms with Crippen molar-refractivity contribution in [3.05, 3.63) is 58.6 Å². The molecule has 1 aromatic rings. The Kier molecular flexibility index (Phi) is 4.02. The monoisotopic (exact) mass is 305 g/mol. The van der Waals surface area contributed by atoms with E-state index in [1.165, 1.54) is 0 Å². The van der Waals surface area contributed by atoms with Gasteiger partial charge in [0.1, 0.15) is 0 Å². The highest BCUT2D eigenvalue weighted by Gasteiger charge is 2.34. The first-order chi connectivity index (χ1) is 8.63. The summed E-state index contributed by atoms with van der Waals surface area (Å²) in [5, 5.41) is 0. The molecule has 1 atom stereocenters. The summed E-state index contributed by atoms with van der Waals surface area (Å²) >= 11 is 3.42. The molecule has 1 heterocycles. The van der Waals surface area contributed by atoms with Crippen molar-refractivity contribution in [3.63, 3.8) is 0 Å². The summed E-state index contributed by atoms with van der Waals surface area (Å²) in [6.07, 6.45) is 1.85. The normalized spacial score (nSPS) is 22.2. The number of halogens is 1. The summed E-state index contributed by atoms with van der Waals surface area (Å²) in [6.45, 7) is 7.11. The van der Waals surface area contributed by atoms with E-state index in [0.717, 1.165) is 22.2 Å². The first kappa shape index (κ1) is 13.1. The van der Waals surface area contributed by atoms with Gasteiger partial charge >= 0.3 is 0 Å². The van der Waals surface area contributed by atoms with Crippen molar-refractivity contribution in [3.8, 4) is 0 Å². The maximum atomic E-state index is 12.3. The smallest absolute Gasteiger partial charge is 0.251 e. The lowest BCUT2D eigenvalue weighted by Gasteiger charge is -2.15. The molecule has 0 aromatic heterocycles. The van der Waals surface area contributed by atoms with E-state index in [0.29, 0.717) is 6.54 Å². The van der Waals surface area contributed by atoms with Crippen LogP contribution in [0.5, 0.6) is 0 Å². The molecule has 1 unspecified atom stereocenters. The molecular weight excluding hydrogens is 290 g/mol. The second-order valence-electron chi connectivity index (χ2n) is 4.46. The fourth-order valence-electron chi connectivity index (χ4n) is 2.28. The SMILES string of the molecule is C=CC1CN(Cc2ccccc2)C(=O)/C1=C(/C)Br. The number of carbonyl (C=O) groups is 1. The Labute approximate surface area is 116 Å². The molecule has 2 nitrogen and oxygen atoms in total. The van der Waals surface area contributed by atoms with Crippen LogP contribution in [0.2, 0.25) is 0 Å². The minimum atomic E-state index is 0.109. The zero-order valence-corrected chi connectivity index (χ0v) is 12.0. The van der Waals surface area contributed by atoms with Gasteiger partial charge in [-0.3, -0.25) is 4.79 Å². The van der Waals surface area contributed by atoms with Crippen molar-refractivity contribution < 1.29 is 4.79 Å². The number of carbonyl (C=O) groups excluding carboxylic acids is 1. The van der Waals surface area contributed by atoms with Gasteiger partial charge in [0, 0.05) is 29.1 Å². The van der Waals surface area contributed by atoms with Crippen LogP contribution >= 0.6 is 15.9 Å². The van der Waals surface area contributed by atoms with E-state index in [1.54, 1.807) is 0 Å². The summed E-state index contributed by atoms with van der Waals surface area (Å²) in [6, 6.07) is 10.0. The Morgan fingerprint density at radius 1 is 1.50 bits per heavy atom. The lowest BCUT2D eigenvalue weighted by Crippen LogP contribution is -2.24. The highest BCUT2D eigenvalue weighted by molar-refractivity contribution is 9.11. The summed E-state index contributed by atoms with van der Waals surface area (Å²) in [4.78, 5) is 14.2. The summed E-state index contributed by atoms with van der Waals surface area (Å²) < 4.78 is 0.910. The number of hydrogen-bond acceptors (Lipinski definition) is 1. The van der Waals surface area contributed by atoms with Crippen LogP contribution in [0.1, 0.15) is 12.5 Å². The summed E-state index contributed by atoms with van der Waals surface area (Å²) in [5.74, 6) is 0.235. The number of benzene rings is 1. The number of amides is 1. The molecule has 1 amide bonds. The van der Waals surface area contributed by atoms with E-state index in [-0.39, 0.29) is 11.8 Å². The average Bonchev–Trinajstić information content (AvgIpc) is 2.67. The van der Waals surface area contributed by atoms with Gasteiger partial charge in [0.05, 0.1) is 0 Å². The van der Waals surface area contributed by atoms with Gasteiger partial charge in [-0.15, -0.1) is 6.58 Å². The molecule has 2 rings (SSSR count). The van der Waals surface area contributed by atoms with Crippen molar-refractivity contribution in [2.75, 3.05) is 6.54 Å². The highest BCUT2D eigenvalue weighted by atomic mass is 79.9. The molecular formula is C15H16BrNO. The Bertz CT molecular complexity index is 488. The van der Waals surface area contributed by atoms with Crippen LogP contribution in [0.15, 0.2) is 53.0 Å². The molecule has 0 aliphatic carbocycles. The Morgan fingerprint density at radius 2 is 2.17 bits per heavy atom. The van der Waals surface area contributed by atoms with Gasteiger partial charge in [0.15, 0.2) is 0 Å². The molecule has 1 fully saturated rings. The van der Waals surface area contributed by atoms with Crippen LogP contribution < -0.4 is 0 Å². The topological polar surface area (TPSA) is 20.3 Å². The minimum absolute atomic E-state index is 0.109. The molecule has 0 saturated carbocycles. The molecule has 1 aromatic carbocycles. The Hall–Kier alpha value is -1.35. The molecule has 0 N–H and O–H groups in total. The third-order valence-electron chi connectivity index (χ3n) is 3.18. The number of rotatable bonds is 3. The van der Waals surface area contributed by atoms with Crippen LogP contribution in [0, 0.1) is 5.92 Å². The predicted molar refractivity (Wildman–Crippen MR) is 77.2 cm³/mol. The largest absolute Gasteiger partial charge is 0.334 e. The first-order valence-corrected chi connectivity index (χ1v) is 6.74. The predicted octanol–water partition coefficient (Wildman–Crippen LogP) is 3.50. The van der Waals surface area contributed by atoms with Gasteiger partial charge in [-0.1, -0.05) is 52.3 Å². The van der Waals surface area contributed by atoms with Crippen molar-refractivity contribution in [2.45, 2.75) is 13.5 Å². The first-order valence-electron chi connectivity index (χ1n) is 5.95. The molecule has 3 heteroatoms. The lowest BCUT2D eigenvalue weighted by molar-refractivity contribution is -0.125. The summed E-state index contributed by atoms with van der Waals surface area (Å²) in [5.41, 5.74) is 1.99. The van der Waals surface area contributed by atoms with Crippen molar-refractivity contribution >= 4 is 21.8 Å². The average molecular weight is 306 g/mol. The van der Waals surface area contributed by atoms with Crippen molar-refractivity contribution in [1.82, 2.24) is 4.90 Å². The molecule has 94 valence electrons. The standard InChI is InChI=1S/C15H16BrNO/c1-3-13-10-17(15(18)14(13)11(2)16)9-12-7-5-4-6-8-12/h3-8,13H,1,9-10H2,2H3/b14-11-. The Balaban J connectivity index is 2.20. The number of likely N-dealkylation sites (tertiary alicyclic amines) is 1. The van der Waals surface area contributed by atoms with E-state index in [2.05, 4.69) is 22.5 Å². The van der Waals surface area contributed by atoms with Crippen LogP contribution in [0.3, 0.4) is 0 Å². The van der Waals surface area contributed by atoms with Gasteiger partial charge in [-0.2, -0.15) is 0 Å². The van der Waals surface area contributed by atoms with E-state index in [1.807, 2.05) is 48.2 Å². The molecule has 0 spiro atoms. The highest BCUT2D eigenvalue weighted by Crippen LogP contribution is 2.30. The fraction of sp³-hybridized carbons (Fsp3) is 0.267. The zero-order valence-electron chi connectivity index (χ0n) is 10.4. The minimum Gasteiger partial charge on any atom is -0.334 e. The zero-order chi connectivity index (χ0) is 13.1. The second-order valence-corrected chi connectivity index (χ2v) is 5.65. The third kappa shape index (κ3) is 2.56. The van der Waals surface area contributed by atoms with Gasteiger partial charge in [-0.25, -0.2) is 0 Å². The maximum Gasteiger partial charge on any atom is 0.251 e. The molecule has 0 radical (unpaired) electrons. The van der Waals surface area contributed by atoms with Crippen LogP contribution in [0.25, 0.3) is 0 Å². The number of hydrogen-bond donors (Lipinski definition) is 0. The van der Waals surface area contributed by atoms with Crippen molar-refractivity contribution in [1.29, 1.82) is 0 Å². The molecule has 1 aliphatic heterocycles. The lowest BCUT2D eigenvalue weighted by atomic mass is 10.0. The quantitative estimate of drug-likeness (QED) is 0.618. The van der Waals surface area contributed by atoms with Crippen LogP contribution in [0.4, 0.5) is 0 Å². The van der Waals surface area contributed by atoms with Crippen LogP contribution in [-0.4, -0.2) is 17.4 Å². The van der Waals surface area contributed by atoms with E-state index in [9.17, 15) is 4.79 Å².